The molecule has 4 fully saturated rings. The number of ketones is 1. The van der Waals surface area contributed by atoms with Crippen LogP contribution in [0.15, 0.2) is 94.8 Å². The van der Waals surface area contributed by atoms with Crippen molar-refractivity contribution in [3.05, 3.63) is 142 Å². The zero-order chi connectivity index (χ0) is 80.2. The molecule has 6 aromatic heterocycles. The first-order valence-corrected chi connectivity index (χ1v) is 44.4. The summed E-state index contributed by atoms with van der Waals surface area (Å²) in [5, 5.41) is 21.9. The SMILES string of the molecule is C.C1CCNCC1.NCCS(=O)(=O)N1CCCCC1.NN.O.O=C(CCCS(=O)(=O)N1CCCCC1)c1noc2c1CN(c1ncnc3[nH]ccc13)CC2.O=C(O)c1noc2c1CN(c1ncnc3[nH]ccc13)CC2.O=C1c2ccccc2C(=O)N1CCS(=O)(=O)Cl.O=C1c2ccccc2C(=O)N1CCS(=O)(=O)N1CCCCC1. The van der Waals surface area contributed by atoms with Gasteiger partial charge in [0.2, 0.25) is 39.1 Å². The summed E-state index contributed by atoms with van der Waals surface area (Å²) in [7, 11) is -8.43. The zero-order valence-electron chi connectivity index (χ0n) is 62.4. The van der Waals surface area contributed by atoms with E-state index in [0.717, 1.165) is 107 Å². The Morgan fingerprint density at radius 3 is 1.25 bits per heavy atom. The molecule has 0 atom stereocenters. The summed E-state index contributed by atoms with van der Waals surface area (Å²) in [5.74, 6) is 7.33. The molecular formula is C72H100ClN19O18S4. The number of aromatic amines is 2. The number of rotatable bonds is 19. The number of anilines is 2. The number of halogens is 1. The number of hydrazine groups is 1. The first-order chi connectivity index (χ1) is 53.8. The predicted octanol–water partition coefficient (Wildman–Crippen LogP) is 4.59. The van der Waals surface area contributed by atoms with Gasteiger partial charge in [0.05, 0.1) is 69.1 Å². The highest BCUT2D eigenvalue weighted by Crippen LogP contribution is 2.33. The maximum atomic E-state index is 12.9. The molecule has 622 valence electrons. The van der Waals surface area contributed by atoms with Gasteiger partial charge < -0.3 is 50.4 Å². The van der Waals surface area contributed by atoms with E-state index in [1.807, 2.05) is 23.2 Å². The molecule has 0 bridgehead atoms. The van der Waals surface area contributed by atoms with E-state index in [-0.39, 0.29) is 74.1 Å². The highest BCUT2D eigenvalue weighted by atomic mass is 35.7. The quantitative estimate of drug-likeness (QED) is 0.0191. The van der Waals surface area contributed by atoms with Crippen molar-refractivity contribution >= 4 is 119 Å². The number of imide groups is 2. The Bertz CT molecular complexity index is 5000. The van der Waals surface area contributed by atoms with Crippen molar-refractivity contribution in [2.24, 2.45) is 17.4 Å². The number of nitrogens with zero attached hydrogens (tertiary/aromatic N) is 13. The fraction of sp³-hybridized carbons (Fsp3) is 0.500. The lowest BCUT2D eigenvalue weighted by Gasteiger charge is -2.27. The molecule has 8 aliphatic heterocycles. The summed E-state index contributed by atoms with van der Waals surface area (Å²) in [6.45, 7) is 8.27. The molecule has 0 radical (unpaired) electrons. The molecule has 0 spiro atoms. The zero-order valence-corrected chi connectivity index (χ0v) is 66.4. The number of amides is 4. The summed E-state index contributed by atoms with van der Waals surface area (Å²) < 4.78 is 109. The van der Waals surface area contributed by atoms with Crippen molar-refractivity contribution < 1.29 is 82.1 Å². The van der Waals surface area contributed by atoms with Crippen LogP contribution in [0.2, 0.25) is 0 Å². The number of aromatic nitrogens is 8. The average Bonchev–Trinajstić information content (AvgIpc) is 1.63. The topological polar surface area (TPSA) is 539 Å². The van der Waals surface area contributed by atoms with Gasteiger partial charge in [0.25, 0.3) is 23.6 Å². The second kappa shape index (κ2) is 42.0. The second-order valence-electron chi connectivity index (χ2n) is 27.2. The highest BCUT2D eigenvalue weighted by Gasteiger charge is 2.39. The van der Waals surface area contributed by atoms with Crippen molar-refractivity contribution in [3.8, 4) is 0 Å². The van der Waals surface area contributed by atoms with Crippen LogP contribution < -0.4 is 32.5 Å². The van der Waals surface area contributed by atoms with Crippen molar-refractivity contribution in [2.45, 2.75) is 123 Å². The number of piperidine rings is 4. The van der Waals surface area contributed by atoms with Crippen molar-refractivity contribution in [2.75, 3.05) is 118 Å². The molecule has 2 aromatic carbocycles. The summed E-state index contributed by atoms with van der Waals surface area (Å²) >= 11 is 0. The van der Waals surface area contributed by atoms with E-state index in [1.54, 1.807) is 51.2 Å². The summed E-state index contributed by atoms with van der Waals surface area (Å²) in [6, 6.07) is 16.8. The number of Topliss-reactive ketones (excluding diaryl/α,β-unsaturated/α-hetero) is 1. The molecule has 37 nitrogen and oxygen atoms in total. The molecule has 4 saturated heterocycles. The molecule has 8 aromatic rings. The van der Waals surface area contributed by atoms with Gasteiger partial charge in [-0.2, -0.15) is 0 Å². The Labute approximate surface area is 665 Å². The van der Waals surface area contributed by atoms with Crippen LogP contribution >= 0.6 is 10.7 Å². The molecule has 0 unspecified atom stereocenters. The summed E-state index contributed by atoms with van der Waals surface area (Å²) in [6.07, 6.45) is 21.3. The maximum Gasteiger partial charge on any atom is 0.358 e. The molecule has 0 aliphatic carbocycles. The number of benzene rings is 2. The number of aromatic carboxylic acids is 1. The van der Waals surface area contributed by atoms with Crippen molar-refractivity contribution in [1.82, 2.24) is 68.2 Å². The lowest BCUT2D eigenvalue weighted by Crippen LogP contribution is -2.41. The standard InChI is InChI=1S/C21H26N6O4S.C15H18N2O4S.C13H11N5O3.C10H8ClNO4S.C7H16N2O2S.C5H11N.CH4.H4N2.H2O/c28-17(5-4-12-32(29,30)27-9-2-1-3-10-27)19-16-13-26(11-7-18(16)31-25-19)21-15-6-8-22-20(15)23-14-24-21;18-14-12-6-2-3-7-13(12)15(19)17(14)10-11-22(20,21)16-8-4-1-5-9-16;19-13(20)10-8-5-18(4-2-9(8)21-17-10)12-7-1-3-14-11(7)15-6-16-12;11-17(15,16)6-5-12-9(13)7-3-1-2-4-8(7)10(12)14;8-4-7-12(10,11)9-5-2-1-3-6-9;1-2-4-6-5-3-1;;1-2;/h6,8,14H,1-5,7,9-13H2,(H,22,23,24);2-3,6-7H,1,4-5,8-11H2;1,3,6H,2,4-5H2,(H,19,20)(H,14,15,16);1-4H,5-6H2;1-8H2;6H,1-5H2;1H4;1-2H2;1H2. The van der Waals surface area contributed by atoms with E-state index in [1.165, 1.54) is 61.4 Å². The number of nitrogens with one attached hydrogen (secondary N) is 3. The third-order valence-electron chi connectivity index (χ3n) is 19.8. The molecule has 114 heavy (non-hydrogen) atoms. The average molecular weight is 1680 g/mol. The number of hydrogen-bond acceptors (Lipinski definition) is 28. The van der Waals surface area contributed by atoms with Gasteiger partial charge in [-0.3, -0.25) is 45.5 Å². The van der Waals surface area contributed by atoms with E-state index >= 15 is 0 Å². The van der Waals surface area contributed by atoms with Gasteiger partial charge in [-0.15, -0.1) is 0 Å². The Kier molecular flexibility index (Phi) is 33.3. The number of sulfonamides is 3. The third kappa shape index (κ3) is 22.9. The van der Waals surface area contributed by atoms with Crippen LogP contribution in [-0.4, -0.2) is 251 Å². The van der Waals surface area contributed by atoms with E-state index in [4.69, 9.17) is 30.6 Å². The Morgan fingerprint density at radius 2 is 0.877 bits per heavy atom. The van der Waals surface area contributed by atoms with Crippen molar-refractivity contribution in [1.29, 1.82) is 0 Å². The maximum absolute atomic E-state index is 12.9. The van der Waals surface area contributed by atoms with E-state index < -0.39 is 74.5 Å². The fourth-order valence-electron chi connectivity index (χ4n) is 14.0. The summed E-state index contributed by atoms with van der Waals surface area (Å²) in [5.41, 5.74) is 9.70. The van der Waals surface area contributed by atoms with Gasteiger partial charge in [0, 0.05) is 125 Å². The minimum atomic E-state index is -3.72. The Hall–Kier alpha value is -9.11. The minimum absolute atomic E-state index is 0. The molecule has 8 aliphatic rings. The second-order valence-corrected chi connectivity index (χ2v) is 36.4. The van der Waals surface area contributed by atoms with Gasteiger partial charge in [-0.25, -0.2) is 71.3 Å². The molecule has 0 saturated carbocycles. The van der Waals surface area contributed by atoms with E-state index in [2.05, 4.69) is 62.1 Å². The van der Waals surface area contributed by atoms with Gasteiger partial charge in [-0.1, -0.05) is 67.7 Å². The number of hydrogen-bond donors (Lipinski definition) is 7. The molecule has 14 heterocycles. The smallest absolute Gasteiger partial charge is 0.358 e. The van der Waals surface area contributed by atoms with E-state index in [9.17, 15) is 62.4 Å². The third-order valence-corrected chi connectivity index (χ3v) is 26.6. The number of carbonyl (C=O) groups excluding carboxylic acids is 5. The van der Waals surface area contributed by atoms with Crippen LogP contribution in [0.25, 0.3) is 22.1 Å². The molecular weight excluding hydrogens is 1580 g/mol. The minimum Gasteiger partial charge on any atom is -0.476 e. The number of fused-ring (bicyclic) bond motifs is 6. The van der Waals surface area contributed by atoms with Gasteiger partial charge >= 0.3 is 5.97 Å². The van der Waals surface area contributed by atoms with Crippen LogP contribution in [0.1, 0.15) is 182 Å². The monoisotopic (exact) mass is 1680 g/mol. The van der Waals surface area contributed by atoms with Gasteiger partial charge in [0.15, 0.2) is 17.2 Å². The number of H-pyrrole nitrogens is 2. The predicted molar refractivity (Wildman–Crippen MR) is 426 cm³/mol. The number of nitrogens with two attached hydrogens (primary N) is 3. The lowest BCUT2D eigenvalue weighted by molar-refractivity contribution is 0.0648. The molecule has 42 heteroatoms. The largest absolute Gasteiger partial charge is 0.476 e. The Morgan fingerprint density at radius 1 is 0.500 bits per heavy atom. The molecule has 12 N–H and O–H groups in total. The first-order valence-electron chi connectivity index (χ1n) is 37.1. The normalized spacial score (nSPS) is 17.2. The molecule has 16 rings (SSSR count). The van der Waals surface area contributed by atoms with Crippen LogP contribution in [0.3, 0.4) is 0 Å². The first kappa shape index (κ1) is 90.4. The summed E-state index contributed by atoms with van der Waals surface area (Å²) in [4.78, 5) is 101. The van der Waals surface area contributed by atoms with Crippen LogP contribution in [0, 0.1) is 0 Å². The lowest BCUT2D eigenvalue weighted by atomic mass is 10.0. The van der Waals surface area contributed by atoms with Crippen LogP contribution in [0.5, 0.6) is 0 Å². The number of carboxylic acids is 1. The highest BCUT2D eigenvalue weighted by molar-refractivity contribution is 8.13. The van der Waals surface area contributed by atoms with Crippen molar-refractivity contribution in [3.63, 3.8) is 0 Å². The van der Waals surface area contributed by atoms with Crippen LogP contribution in [-0.2, 0) is 65.1 Å². The number of carbonyl (C=O) groups is 6. The van der Waals surface area contributed by atoms with Gasteiger partial charge in [0.1, 0.15) is 47.1 Å². The fourth-order valence-corrected chi connectivity index (χ4v) is 19.0. The van der Waals surface area contributed by atoms with E-state index in [0.29, 0.717) is 123 Å². The van der Waals surface area contributed by atoms with Crippen LogP contribution in [0.4, 0.5) is 11.6 Å². The Balaban J connectivity index is 0.000000178. The number of carboxylic acid groups (broad SMARTS) is 1. The molecule has 4 amide bonds. The van der Waals surface area contributed by atoms with Gasteiger partial charge in [-0.05, 0) is 107 Å².